The van der Waals surface area contributed by atoms with Crippen LogP contribution in [0.2, 0.25) is 0 Å². The van der Waals surface area contributed by atoms with E-state index in [9.17, 15) is 0 Å². The summed E-state index contributed by atoms with van der Waals surface area (Å²) in [5.41, 5.74) is 1.20. The SMILES string of the molecule is CCCOc1ccc(CNc2nccs2)cc1Br. The zero-order valence-electron chi connectivity index (χ0n) is 10.1. The summed E-state index contributed by atoms with van der Waals surface area (Å²) in [5, 5.41) is 6.18. The van der Waals surface area contributed by atoms with Gasteiger partial charge in [0.2, 0.25) is 0 Å². The lowest BCUT2D eigenvalue weighted by atomic mass is 10.2. The van der Waals surface area contributed by atoms with E-state index in [0.717, 1.165) is 34.9 Å². The number of rotatable bonds is 6. The number of hydrogen-bond acceptors (Lipinski definition) is 4. The van der Waals surface area contributed by atoms with Crippen LogP contribution in [0.15, 0.2) is 34.2 Å². The third-order valence-electron chi connectivity index (χ3n) is 2.33. The fourth-order valence-electron chi connectivity index (χ4n) is 1.47. The largest absolute Gasteiger partial charge is 0.492 e. The molecular weight excluding hydrogens is 312 g/mol. The maximum absolute atomic E-state index is 5.61. The highest BCUT2D eigenvalue weighted by Gasteiger charge is 2.03. The van der Waals surface area contributed by atoms with E-state index in [0.29, 0.717) is 0 Å². The van der Waals surface area contributed by atoms with E-state index in [1.807, 2.05) is 11.4 Å². The quantitative estimate of drug-likeness (QED) is 0.859. The van der Waals surface area contributed by atoms with Gasteiger partial charge in [0, 0.05) is 18.1 Å². The van der Waals surface area contributed by atoms with Crippen molar-refractivity contribution < 1.29 is 4.74 Å². The summed E-state index contributed by atoms with van der Waals surface area (Å²) in [7, 11) is 0. The van der Waals surface area contributed by atoms with Crippen molar-refractivity contribution in [3.8, 4) is 5.75 Å². The molecule has 1 heterocycles. The molecule has 1 aromatic heterocycles. The van der Waals surface area contributed by atoms with Crippen molar-refractivity contribution in [1.82, 2.24) is 4.98 Å². The predicted molar refractivity (Wildman–Crippen MR) is 79.4 cm³/mol. The fraction of sp³-hybridized carbons (Fsp3) is 0.308. The summed E-state index contributed by atoms with van der Waals surface area (Å²) in [4.78, 5) is 4.18. The van der Waals surface area contributed by atoms with Crippen LogP contribution in [-0.2, 0) is 6.54 Å². The molecule has 0 unspecified atom stereocenters. The van der Waals surface area contributed by atoms with E-state index < -0.39 is 0 Å². The van der Waals surface area contributed by atoms with Crippen LogP contribution in [0, 0.1) is 0 Å². The van der Waals surface area contributed by atoms with E-state index in [4.69, 9.17) is 4.74 Å². The Morgan fingerprint density at radius 3 is 3.00 bits per heavy atom. The van der Waals surface area contributed by atoms with E-state index >= 15 is 0 Å². The van der Waals surface area contributed by atoms with Crippen molar-refractivity contribution >= 4 is 32.4 Å². The number of aromatic nitrogens is 1. The van der Waals surface area contributed by atoms with Crippen LogP contribution in [0.3, 0.4) is 0 Å². The number of nitrogens with zero attached hydrogens (tertiary/aromatic N) is 1. The van der Waals surface area contributed by atoms with Crippen LogP contribution in [0.4, 0.5) is 5.13 Å². The van der Waals surface area contributed by atoms with E-state index in [-0.39, 0.29) is 0 Å². The summed E-state index contributed by atoms with van der Waals surface area (Å²) in [5.74, 6) is 0.898. The van der Waals surface area contributed by atoms with Crippen LogP contribution >= 0.6 is 27.3 Å². The monoisotopic (exact) mass is 326 g/mol. The Bertz CT molecular complexity index is 488. The van der Waals surface area contributed by atoms with Crippen LogP contribution in [0.5, 0.6) is 5.75 Å². The number of halogens is 1. The van der Waals surface area contributed by atoms with Crippen LogP contribution in [0.25, 0.3) is 0 Å². The van der Waals surface area contributed by atoms with Crippen LogP contribution < -0.4 is 10.1 Å². The average molecular weight is 327 g/mol. The van der Waals surface area contributed by atoms with Crippen molar-refractivity contribution in [2.45, 2.75) is 19.9 Å². The molecule has 0 amide bonds. The molecule has 2 aromatic rings. The molecule has 2 rings (SSSR count). The topological polar surface area (TPSA) is 34.1 Å². The first-order valence-corrected chi connectivity index (χ1v) is 7.51. The number of anilines is 1. The van der Waals surface area contributed by atoms with Crippen molar-refractivity contribution in [3.63, 3.8) is 0 Å². The van der Waals surface area contributed by atoms with Gasteiger partial charge in [-0.1, -0.05) is 13.0 Å². The lowest BCUT2D eigenvalue weighted by molar-refractivity contribution is 0.315. The molecule has 0 radical (unpaired) electrons. The molecule has 3 nitrogen and oxygen atoms in total. The molecule has 0 saturated heterocycles. The predicted octanol–water partition coefficient (Wildman–Crippen LogP) is 4.31. The Labute approximate surface area is 119 Å². The van der Waals surface area contributed by atoms with Gasteiger partial charge in [0.25, 0.3) is 0 Å². The summed E-state index contributed by atoms with van der Waals surface area (Å²) < 4.78 is 6.61. The van der Waals surface area contributed by atoms with E-state index in [1.54, 1.807) is 17.5 Å². The molecule has 0 saturated carbocycles. The first-order valence-electron chi connectivity index (χ1n) is 5.84. The van der Waals surface area contributed by atoms with Crippen molar-refractivity contribution in [2.75, 3.05) is 11.9 Å². The summed E-state index contributed by atoms with van der Waals surface area (Å²) in [6, 6.07) is 6.14. The smallest absolute Gasteiger partial charge is 0.182 e. The highest BCUT2D eigenvalue weighted by Crippen LogP contribution is 2.26. The minimum Gasteiger partial charge on any atom is -0.492 e. The standard InChI is InChI=1S/C13H15BrN2OS/c1-2-6-17-12-4-3-10(8-11(12)14)9-16-13-15-5-7-18-13/h3-5,7-8H,2,6,9H2,1H3,(H,15,16). The Morgan fingerprint density at radius 1 is 1.44 bits per heavy atom. The second-order valence-electron chi connectivity index (χ2n) is 3.80. The van der Waals surface area contributed by atoms with Crippen molar-refractivity contribution in [3.05, 3.63) is 39.8 Å². The number of nitrogens with one attached hydrogen (secondary N) is 1. The normalized spacial score (nSPS) is 10.3. The van der Waals surface area contributed by atoms with E-state index in [1.165, 1.54) is 5.56 Å². The molecule has 1 aromatic carbocycles. The van der Waals surface area contributed by atoms with Gasteiger partial charge >= 0.3 is 0 Å². The van der Waals surface area contributed by atoms with Gasteiger partial charge in [0.1, 0.15) is 5.75 Å². The summed E-state index contributed by atoms with van der Waals surface area (Å²) >= 11 is 5.13. The molecule has 0 spiro atoms. The van der Waals surface area contributed by atoms with E-state index in [2.05, 4.69) is 45.3 Å². The molecule has 0 aliphatic rings. The number of hydrogen-bond donors (Lipinski definition) is 1. The van der Waals surface area contributed by atoms with Gasteiger partial charge in [0.15, 0.2) is 5.13 Å². The molecule has 0 aliphatic heterocycles. The zero-order valence-corrected chi connectivity index (χ0v) is 12.6. The molecule has 0 bridgehead atoms. The minimum atomic E-state index is 0.745. The highest BCUT2D eigenvalue weighted by molar-refractivity contribution is 9.10. The second kappa shape index (κ2) is 6.75. The Balaban J connectivity index is 1.95. The minimum absolute atomic E-state index is 0.745. The maximum atomic E-state index is 5.61. The Hall–Kier alpha value is -1.07. The van der Waals surface area contributed by atoms with Gasteiger partial charge < -0.3 is 10.1 Å². The number of ether oxygens (including phenoxy) is 1. The van der Waals surface area contributed by atoms with Gasteiger partial charge in [-0.15, -0.1) is 11.3 Å². The van der Waals surface area contributed by atoms with Crippen molar-refractivity contribution in [2.24, 2.45) is 0 Å². The van der Waals surface area contributed by atoms with Gasteiger partial charge in [-0.2, -0.15) is 0 Å². The number of benzene rings is 1. The van der Waals surface area contributed by atoms with Crippen LogP contribution in [0.1, 0.15) is 18.9 Å². The number of thiazole rings is 1. The lowest BCUT2D eigenvalue weighted by Gasteiger charge is -2.09. The first kappa shape index (κ1) is 13.4. The Morgan fingerprint density at radius 2 is 2.33 bits per heavy atom. The fourth-order valence-corrected chi connectivity index (χ4v) is 2.54. The third kappa shape index (κ3) is 3.71. The first-order chi connectivity index (χ1) is 8.79. The highest BCUT2D eigenvalue weighted by atomic mass is 79.9. The molecular formula is C13H15BrN2OS. The summed E-state index contributed by atoms with van der Waals surface area (Å²) in [6.45, 7) is 3.61. The third-order valence-corrected chi connectivity index (χ3v) is 3.68. The molecule has 0 fully saturated rings. The van der Waals surface area contributed by atoms with Gasteiger partial charge in [-0.3, -0.25) is 0 Å². The maximum Gasteiger partial charge on any atom is 0.182 e. The van der Waals surface area contributed by atoms with Crippen LogP contribution in [-0.4, -0.2) is 11.6 Å². The van der Waals surface area contributed by atoms with Crippen molar-refractivity contribution in [1.29, 1.82) is 0 Å². The second-order valence-corrected chi connectivity index (χ2v) is 5.55. The molecule has 0 atom stereocenters. The molecule has 1 N–H and O–H groups in total. The molecule has 96 valence electrons. The van der Waals surface area contributed by atoms with Gasteiger partial charge in [0.05, 0.1) is 11.1 Å². The zero-order chi connectivity index (χ0) is 12.8. The molecule has 5 heteroatoms. The van der Waals surface area contributed by atoms with Gasteiger partial charge in [-0.05, 0) is 40.0 Å². The summed E-state index contributed by atoms with van der Waals surface area (Å²) in [6.07, 6.45) is 2.81. The van der Waals surface area contributed by atoms with Gasteiger partial charge in [-0.25, -0.2) is 4.98 Å². The molecule has 0 aliphatic carbocycles. The molecule has 18 heavy (non-hydrogen) atoms. The lowest BCUT2D eigenvalue weighted by Crippen LogP contribution is -2.00. The average Bonchev–Trinajstić information content (AvgIpc) is 2.88. The Kier molecular flexibility index (Phi) is 5.01.